The van der Waals surface area contributed by atoms with Crippen LogP contribution < -0.4 is 5.32 Å². The van der Waals surface area contributed by atoms with E-state index in [4.69, 9.17) is 9.47 Å². The molecule has 3 heterocycles. The van der Waals surface area contributed by atoms with E-state index in [-0.39, 0.29) is 23.9 Å². The molecule has 4 rings (SSSR count). The highest BCUT2D eigenvalue weighted by Crippen LogP contribution is 2.46. The van der Waals surface area contributed by atoms with Crippen molar-refractivity contribution in [1.29, 1.82) is 0 Å². The molecule has 3 aliphatic rings. The van der Waals surface area contributed by atoms with Crippen LogP contribution in [-0.4, -0.2) is 36.1 Å². The van der Waals surface area contributed by atoms with Gasteiger partial charge in [0.15, 0.2) is 5.78 Å². The van der Waals surface area contributed by atoms with E-state index in [1.807, 2.05) is 19.1 Å². The lowest BCUT2D eigenvalue weighted by Gasteiger charge is -2.39. The average Bonchev–Trinajstić information content (AvgIpc) is 3.18. The van der Waals surface area contributed by atoms with Gasteiger partial charge in [0.2, 0.25) is 0 Å². The summed E-state index contributed by atoms with van der Waals surface area (Å²) in [6.45, 7) is 7.04. The molecule has 2 aliphatic heterocycles. The predicted molar refractivity (Wildman–Crippen MR) is 108 cm³/mol. The third kappa shape index (κ3) is 3.99. The van der Waals surface area contributed by atoms with E-state index in [0.717, 1.165) is 36.2 Å². The number of allylic oxidation sites excluding steroid dienone is 3. The molecule has 0 saturated carbocycles. The van der Waals surface area contributed by atoms with Crippen molar-refractivity contribution in [2.24, 2.45) is 5.41 Å². The minimum absolute atomic E-state index is 0.0392. The van der Waals surface area contributed by atoms with Crippen LogP contribution >= 0.6 is 0 Å². The zero-order chi connectivity index (χ0) is 20.6. The fourth-order valence-corrected chi connectivity index (χ4v) is 4.62. The summed E-state index contributed by atoms with van der Waals surface area (Å²) >= 11 is 0. The van der Waals surface area contributed by atoms with Crippen LogP contribution in [0.2, 0.25) is 0 Å². The lowest BCUT2D eigenvalue weighted by atomic mass is 9.68. The standard InChI is InChI=1S/C23H28N2O4/c1-14-19(22(27)29-13-16-5-4-10-28-16)20(15-6-8-24-9-7-15)21-17(25-14)11-23(2,3)12-18(21)26/h6-9,16,20,25H,4-5,10-13H2,1-3H3/t16-,20+/m0/s1. The average molecular weight is 396 g/mol. The summed E-state index contributed by atoms with van der Waals surface area (Å²) in [6, 6.07) is 3.74. The van der Waals surface area contributed by atoms with Crippen molar-refractivity contribution in [3.8, 4) is 0 Å². The van der Waals surface area contributed by atoms with Gasteiger partial charge < -0.3 is 14.8 Å². The van der Waals surface area contributed by atoms with Gasteiger partial charge >= 0.3 is 5.97 Å². The molecule has 1 saturated heterocycles. The zero-order valence-corrected chi connectivity index (χ0v) is 17.3. The van der Waals surface area contributed by atoms with Crippen LogP contribution in [0.15, 0.2) is 47.1 Å². The molecule has 0 radical (unpaired) electrons. The van der Waals surface area contributed by atoms with Gasteiger partial charge in [-0.1, -0.05) is 13.8 Å². The van der Waals surface area contributed by atoms with Crippen molar-refractivity contribution >= 4 is 11.8 Å². The molecule has 0 unspecified atom stereocenters. The number of ether oxygens (including phenoxy) is 2. The summed E-state index contributed by atoms with van der Waals surface area (Å²) in [5.74, 6) is -0.742. The van der Waals surface area contributed by atoms with Crippen molar-refractivity contribution in [3.63, 3.8) is 0 Å². The summed E-state index contributed by atoms with van der Waals surface area (Å²) in [5.41, 5.74) is 3.62. The Morgan fingerprint density at radius 3 is 2.76 bits per heavy atom. The molecule has 1 aliphatic carbocycles. The van der Waals surface area contributed by atoms with Gasteiger partial charge in [-0.3, -0.25) is 9.78 Å². The van der Waals surface area contributed by atoms with Gasteiger partial charge in [0, 0.05) is 48.3 Å². The number of nitrogens with zero attached hydrogens (tertiary/aromatic N) is 1. The molecule has 154 valence electrons. The smallest absolute Gasteiger partial charge is 0.336 e. The van der Waals surface area contributed by atoms with Gasteiger partial charge in [-0.25, -0.2) is 4.79 Å². The molecule has 6 heteroatoms. The van der Waals surface area contributed by atoms with Crippen molar-refractivity contribution in [2.75, 3.05) is 13.2 Å². The fourth-order valence-electron chi connectivity index (χ4n) is 4.62. The summed E-state index contributed by atoms with van der Waals surface area (Å²) in [7, 11) is 0. The van der Waals surface area contributed by atoms with E-state index in [1.54, 1.807) is 12.4 Å². The largest absolute Gasteiger partial charge is 0.459 e. The number of pyridine rings is 1. The molecular weight excluding hydrogens is 368 g/mol. The van der Waals surface area contributed by atoms with Gasteiger partial charge in [-0.05, 0) is 49.3 Å². The van der Waals surface area contributed by atoms with E-state index in [1.165, 1.54) is 0 Å². The molecule has 0 aromatic carbocycles. The van der Waals surface area contributed by atoms with Crippen LogP contribution in [0, 0.1) is 5.41 Å². The molecule has 1 fully saturated rings. The number of ketones is 1. The highest BCUT2D eigenvalue weighted by molar-refractivity contribution is 6.04. The maximum Gasteiger partial charge on any atom is 0.336 e. The second kappa shape index (κ2) is 7.75. The first kappa shape index (κ1) is 19.8. The molecule has 1 aromatic rings. The number of carbonyl (C=O) groups is 2. The number of aromatic nitrogens is 1. The van der Waals surface area contributed by atoms with Gasteiger partial charge in [0.25, 0.3) is 0 Å². The third-order valence-corrected chi connectivity index (χ3v) is 5.92. The van der Waals surface area contributed by atoms with E-state index < -0.39 is 11.9 Å². The van der Waals surface area contributed by atoms with Crippen LogP contribution in [0.25, 0.3) is 0 Å². The molecule has 29 heavy (non-hydrogen) atoms. The number of Topliss-reactive ketones (excluding diaryl/α,β-unsaturated/α-hetero) is 1. The maximum absolute atomic E-state index is 13.2. The Morgan fingerprint density at radius 1 is 1.31 bits per heavy atom. The van der Waals surface area contributed by atoms with E-state index in [2.05, 4.69) is 24.1 Å². The SMILES string of the molecule is CC1=C(C(=O)OC[C@@H]2CCCO2)[C@@H](c2ccncc2)C2=C(CC(C)(C)CC2=O)N1. The highest BCUT2D eigenvalue weighted by Gasteiger charge is 2.43. The normalized spacial score (nSPS) is 26.2. The highest BCUT2D eigenvalue weighted by atomic mass is 16.6. The molecule has 6 nitrogen and oxygen atoms in total. The number of nitrogens with one attached hydrogen (secondary N) is 1. The number of hydrogen-bond donors (Lipinski definition) is 1. The summed E-state index contributed by atoms with van der Waals surface area (Å²) in [5, 5.41) is 3.35. The topological polar surface area (TPSA) is 77.5 Å². The van der Waals surface area contributed by atoms with Crippen molar-refractivity contribution in [1.82, 2.24) is 10.3 Å². The van der Waals surface area contributed by atoms with Gasteiger partial charge in [0.05, 0.1) is 11.7 Å². The molecule has 0 amide bonds. The third-order valence-electron chi connectivity index (χ3n) is 5.92. The Labute approximate surface area is 171 Å². The van der Waals surface area contributed by atoms with Gasteiger partial charge in [-0.2, -0.15) is 0 Å². The van der Waals surface area contributed by atoms with E-state index in [0.29, 0.717) is 24.2 Å². The molecule has 1 N–H and O–H groups in total. The van der Waals surface area contributed by atoms with Crippen LogP contribution in [0.3, 0.4) is 0 Å². The Morgan fingerprint density at radius 2 is 2.07 bits per heavy atom. The van der Waals surface area contributed by atoms with E-state index >= 15 is 0 Å². The summed E-state index contributed by atoms with van der Waals surface area (Å²) < 4.78 is 11.2. The van der Waals surface area contributed by atoms with Crippen LogP contribution in [0.1, 0.15) is 57.9 Å². The minimum atomic E-state index is -0.435. The van der Waals surface area contributed by atoms with Crippen LogP contribution in [-0.2, 0) is 19.1 Å². The lowest BCUT2D eigenvalue weighted by molar-refractivity contribution is -0.142. The first-order valence-electron chi connectivity index (χ1n) is 10.3. The zero-order valence-electron chi connectivity index (χ0n) is 17.3. The molecule has 1 aromatic heterocycles. The monoisotopic (exact) mass is 396 g/mol. The van der Waals surface area contributed by atoms with Crippen molar-refractivity contribution < 1.29 is 19.1 Å². The summed E-state index contributed by atoms with van der Waals surface area (Å²) in [4.78, 5) is 30.4. The van der Waals surface area contributed by atoms with Crippen molar-refractivity contribution in [2.45, 2.75) is 58.5 Å². The first-order chi connectivity index (χ1) is 13.9. The van der Waals surface area contributed by atoms with Crippen LogP contribution in [0.5, 0.6) is 0 Å². The lowest BCUT2D eigenvalue weighted by Crippen LogP contribution is -2.39. The maximum atomic E-state index is 13.2. The Hall–Kier alpha value is -2.47. The van der Waals surface area contributed by atoms with Crippen molar-refractivity contribution in [3.05, 3.63) is 52.6 Å². The van der Waals surface area contributed by atoms with Gasteiger partial charge in [-0.15, -0.1) is 0 Å². The minimum Gasteiger partial charge on any atom is -0.459 e. The predicted octanol–water partition coefficient (Wildman–Crippen LogP) is 3.41. The number of rotatable bonds is 4. The molecule has 0 bridgehead atoms. The number of dihydropyridines is 1. The second-order valence-corrected chi connectivity index (χ2v) is 8.94. The number of hydrogen-bond acceptors (Lipinski definition) is 6. The quantitative estimate of drug-likeness (QED) is 0.786. The summed E-state index contributed by atoms with van der Waals surface area (Å²) in [6.07, 6.45) is 6.48. The number of carbonyl (C=O) groups excluding carboxylic acids is 2. The Balaban J connectivity index is 1.70. The second-order valence-electron chi connectivity index (χ2n) is 8.94. The van der Waals surface area contributed by atoms with E-state index in [9.17, 15) is 9.59 Å². The first-order valence-corrected chi connectivity index (χ1v) is 10.3. The van der Waals surface area contributed by atoms with Gasteiger partial charge in [0.1, 0.15) is 6.61 Å². The Kier molecular flexibility index (Phi) is 5.30. The fraction of sp³-hybridized carbons (Fsp3) is 0.522. The molecule has 2 atom stereocenters. The molecular formula is C23H28N2O4. The van der Waals surface area contributed by atoms with Crippen LogP contribution in [0.4, 0.5) is 0 Å². The molecule has 0 spiro atoms. The Bertz CT molecular complexity index is 879. The number of esters is 1.